The van der Waals surface area contributed by atoms with Gasteiger partial charge in [0.2, 0.25) is 0 Å². The minimum atomic E-state index is -0.00971. The third-order valence-corrected chi connectivity index (χ3v) is 4.33. The number of piperazine rings is 1. The lowest BCUT2D eigenvalue weighted by Crippen LogP contribution is -2.58. The van der Waals surface area contributed by atoms with Gasteiger partial charge in [0.25, 0.3) is 5.91 Å². The Balaban J connectivity index is 2.23. The minimum Gasteiger partial charge on any atom is -0.336 e. The Morgan fingerprint density at radius 3 is 2.83 bits per heavy atom. The molecule has 1 aromatic carbocycles. The van der Waals surface area contributed by atoms with Gasteiger partial charge in [0.05, 0.1) is 5.56 Å². The molecule has 0 unspecified atom stereocenters. The Hall–Kier alpha value is -0.870. The van der Waals surface area contributed by atoms with E-state index in [-0.39, 0.29) is 11.4 Å². The fourth-order valence-corrected chi connectivity index (χ4v) is 2.73. The van der Waals surface area contributed by atoms with Gasteiger partial charge in [-0.05, 0) is 48.3 Å². The van der Waals surface area contributed by atoms with Gasteiger partial charge in [-0.1, -0.05) is 12.1 Å². The van der Waals surface area contributed by atoms with E-state index in [2.05, 4.69) is 35.1 Å². The lowest BCUT2D eigenvalue weighted by atomic mass is 10.0. The van der Waals surface area contributed by atoms with Crippen molar-refractivity contribution in [3.8, 4) is 0 Å². The van der Waals surface area contributed by atoms with Crippen LogP contribution in [0.4, 0.5) is 0 Å². The molecule has 0 aliphatic carbocycles. The van der Waals surface area contributed by atoms with Gasteiger partial charge in [-0.3, -0.25) is 4.79 Å². The number of benzene rings is 1. The second-order valence-electron chi connectivity index (χ2n) is 5.47. The zero-order valence-corrected chi connectivity index (χ0v) is 12.7. The first-order valence-corrected chi connectivity index (χ1v) is 6.99. The van der Waals surface area contributed by atoms with E-state index < -0.39 is 0 Å². The number of hydrogen-bond acceptors (Lipinski definition) is 2. The number of nitrogens with zero attached hydrogens (tertiary/aromatic N) is 1. The van der Waals surface area contributed by atoms with Crippen molar-refractivity contribution in [1.82, 2.24) is 10.2 Å². The molecule has 1 N–H and O–H groups in total. The molecule has 1 saturated heterocycles. The van der Waals surface area contributed by atoms with E-state index in [1.165, 1.54) is 0 Å². The molecule has 0 saturated carbocycles. The van der Waals surface area contributed by atoms with Gasteiger partial charge < -0.3 is 10.2 Å². The monoisotopic (exact) mass is 310 g/mol. The zero-order valence-electron chi connectivity index (χ0n) is 11.1. The number of nitrogens with one attached hydrogen (secondary N) is 1. The second kappa shape index (κ2) is 5.02. The molecule has 1 aliphatic heterocycles. The predicted octanol–water partition coefficient (Wildman–Crippen LogP) is 2.58. The molecule has 0 aromatic heterocycles. The summed E-state index contributed by atoms with van der Waals surface area (Å²) < 4.78 is 0.909. The zero-order chi connectivity index (χ0) is 13.3. The molecular weight excluding hydrogens is 292 g/mol. The van der Waals surface area contributed by atoms with Crippen LogP contribution in [0.1, 0.15) is 29.8 Å². The summed E-state index contributed by atoms with van der Waals surface area (Å²) in [6.07, 6.45) is 0. The molecule has 1 fully saturated rings. The first-order valence-electron chi connectivity index (χ1n) is 6.20. The smallest absolute Gasteiger partial charge is 0.255 e. The SMILES string of the molecule is Cc1cccc(C(=O)N2CCNC(C)(C)C2)c1Br. The van der Waals surface area contributed by atoms with Crippen molar-refractivity contribution in [1.29, 1.82) is 0 Å². The van der Waals surface area contributed by atoms with Crippen LogP contribution in [0.3, 0.4) is 0 Å². The summed E-state index contributed by atoms with van der Waals surface area (Å²) in [4.78, 5) is 14.5. The highest BCUT2D eigenvalue weighted by molar-refractivity contribution is 9.10. The predicted molar refractivity (Wildman–Crippen MR) is 76.9 cm³/mol. The van der Waals surface area contributed by atoms with Gasteiger partial charge in [-0.2, -0.15) is 0 Å². The summed E-state index contributed by atoms with van der Waals surface area (Å²) in [5, 5.41) is 3.42. The van der Waals surface area contributed by atoms with E-state index in [1.807, 2.05) is 30.0 Å². The van der Waals surface area contributed by atoms with E-state index >= 15 is 0 Å². The summed E-state index contributed by atoms with van der Waals surface area (Å²) >= 11 is 3.51. The molecular formula is C14H19BrN2O. The van der Waals surface area contributed by atoms with Crippen LogP contribution in [-0.4, -0.2) is 36.0 Å². The normalized spacial score (nSPS) is 18.8. The molecule has 4 heteroatoms. The molecule has 0 bridgehead atoms. The van der Waals surface area contributed by atoms with Crippen LogP contribution >= 0.6 is 15.9 Å². The van der Waals surface area contributed by atoms with Crippen LogP contribution in [0.2, 0.25) is 0 Å². The number of halogens is 1. The van der Waals surface area contributed by atoms with Crippen LogP contribution < -0.4 is 5.32 Å². The van der Waals surface area contributed by atoms with E-state index in [4.69, 9.17) is 0 Å². The van der Waals surface area contributed by atoms with Crippen molar-refractivity contribution in [2.24, 2.45) is 0 Å². The van der Waals surface area contributed by atoms with E-state index in [9.17, 15) is 4.79 Å². The average Bonchev–Trinajstić information content (AvgIpc) is 2.30. The van der Waals surface area contributed by atoms with Crippen molar-refractivity contribution in [2.45, 2.75) is 26.3 Å². The molecule has 3 nitrogen and oxygen atoms in total. The third-order valence-electron chi connectivity index (χ3n) is 3.28. The van der Waals surface area contributed by atoms with Crippen molar-refractivity contribution < 1.29 is 4.79 Å². The molecule has 1 aliphatic rings. The molecule has 98 valence electrons. The second-order valence-corrected chi connectivity index (χ2v) is 6.27. The molecule has 0 spiro atoms. The topological polar surface area (TPSA) is 32.3 Å². The third kappa shape index (κ3) is 2.75. The number of carbonyl (C=O) groups is 1. The standard InChI is InChI=1S/C14H19BrN2O/c1-10-5-4-6-11(12(10)15)13(18)17-8-7-16-14(2,3)9-17/h4-6,16H,7-9H2,1-3H3. The van der Waals surface area contributed by atoms with Crippen LogP contribution in [0.5, 0.6) is 0 Å². The number of rotatable bonds is 1. The van der Waals surface area contributed by atoms with Gasteiger partial charge in [-0.25, -0.2) is 0 Å². The summed E-state index contributed by atoms with van der Waals surface area (Å²) in [5.41, 5.74) is 1.84. The van der Waals surface area contributed by atoms with Crippen LogP contribution in [-0.2, 0) is 0 Å². The number of amides is 1. The Kier molecular flexibility index (Phi) is 3.78. The molecule has 0 radical (unpaired) electrons. The van der Waals surface area contributed by atoms with Crippen molar-refractivity contribution >= 4 is 21.8 Å². The first-order chi connectivity index (χ1) is 8.41. The van der Waals surface area contributed by atoms with Crippen molar-refractivity contribution in [3.63, 3.8) is 0 Å². The fraction of sp³-hybridized carbons (Fsp3) is 0.500. The maximum Gasteiger partial charge on any atom is 0.255 e. The number of aryl methyl sites for hydroxylation is 1. The molecule has 1 amide bonds. The lowest BCUT2D eigenvalue weighted by Gasteiger charge is -2.39. The van der Waals surface area contributed by atoms with Crippen molar-refractivity contribution in [3.05, 3.63) is 33.8 Å². The van der Waals surface area contributed by atoms with Crippen molar-refractivity contribution in [2.75, 3.05) is 19.6 Å². The molecule has 1 heterocycles. The van der Waals surface area contributed by atoms with Gasteiger partial charge >= 0.3 is 0 Å². The highest BCUT2D eigenvalue weighted by Gasteiger charge is 2.29. The van der Waals surface area contributed by atoms with E-state index in [0.29, 0.717) is 0 Å². The summed E-state index contributed by atoms with van der Waals surface area (Å²) in [6.45, 7) is 8.61. The summed E-state index contributed by atoms with van der Waals surface area (Å²) in [6, 6.07) is 5.82. The number of hydrogen-bond donors (Lipinski definition) is 1. The Labute approximate surface area is 117 Å². The van der Waals surface area contributed by atoms with Crippen LogP contribution in [0.25, 0.3) is 0 Å². The van der Waals surface area contributed by atoms with Gasteiger partial charge in [0, 0.05) is 29.6 Å². The van der Waals surface area contributed by atoms with Crippen LogP contribution in [0, 0.1) is 6.92 Å². The molecule has 18 heavy (non-hydrogen) atoms. The fourth-order valence-electron chi connectivity index (χ4n) is 2.30. The highest BCUT2D eigenvalue weighted by Crippen LogP contribution is 2.23. The Bertz CT molecular complexity index is 471. The maximum absolute atomic E-state index is 12.5. The Morgan fingerprint density at radius 1 is 1.44 bits per heavy atom. The van der Waals surface area contributed by atoms with Gasteiger partial charge in [0.15, 0.2) is 0 Å². The quantitative estimate of drug-likeness (QED) is 0.864. The summed E-state index contributed by atoms with van der Waals surface area (Å²) in [5.74, 6) is 0.111. The lowest BCUT2D eigenvalue weighted by molar-refractivity contribution is 0.0651. The van der Waals surface area contributed by atoms with E-state index in [0.717, 1.165) is 35.2 Å². The Morgan fingerprint density at radius 2 is 2.17 bits per heavy atom. The largest absolute Gasteiger partial charge is 0.336 e. The minimum absolute atomic E-state index is 0.00971. The van der Waals surface area contributed by atoms with Gasteiger partial charge in [-0.15, -0.1) is 0 Å². The van der Waals surface area contributed by atoms with Gasteiger partial charge in [0.1, 0.15) is 0 Å². The van der Waals surface area contributed by atoms with E-state index in [1.54, 1.807) is 0 Å². The van der Waals surface area contributed by atoms with Crippen LogP contribution in [0.15, 0.2) is 22.7 Å². The molecule has 2 rings (SSSR count). The maximum atomic E-state index is 12.5. The first kappa shape index (κ1) is 13.6. The number of carbonyl (C=O) groups excluding carboxylic acids is 1. The summed E-state index contributed by atoms with van der Waals surface area (Å²) in [7, 11) is 0. The average molecular weight is 311 g/mol. The molecule has 1 aromatic rings. The highest BCUT2D eigenvalue weighted by atomic mass is 79.9. The molecule has 0 atom stereocenters.